The molecule has 0 spiro atoms. The van der Waals surface area contributed by atoms with Gasteiger partial charge in [-0.15, -0.1) is 0 Å². The highest BCUT2D eigenvalue weighted by Gasteiger charge is 2.17. The molecule has 0 saturated heterocycles. The third kappa shape index (κ3) is 12.1. The van der Waals surface area contributed by atoms with Crippen molar-refractivity contribution in [3.05, 3.63) is 46.6 Å². The molecule has 0 bridgehead atoms. The largest absolute Gasteiger partial charge is 0.472 e. The van der Waals surface area contributed by atoms with Crippen molar-refractivity contribution in [3.63, 3.8) is 0 Å². The molecule has 0 aliphatic carbocycles. The lowest BCUT2D eigenvalue weighted by Gasteiger charge is -2.22. The summed E-state index contributed by atoms with van der Waals surface area (Å²) in [5.74, 6) is 1.29. The molecule has 8 heteroatoms. The van der Waals surface area contributed by atoms with Gasteiger partial charge in [0.25, 0.3) is 0 Å². The van der Waals surface area contributed by atoms with E-state index in [4.69, 9.17) is 18.9 Å². The molecule has 2 amide bonds. The number of methoxy groups -OCH3 is 2. The van der Waals surface area contributed by atoms with E-state index in [1.165, 1.54) is 35.2 Å². The molecule has 0 saturated carbocycles. The molecular formula is C29H46N2O6. The molecule has 0 aromatic heterocycles. The monoisotopic (exact) mass is 518 g/mol. The molecule has 0 heterocycles. The number of hydrogen-bond donors (Lipinski definition) is 0. The fraction of sp³-hybridized carbons (Fsp3) is 0.586. The number of aryl methyl sites for hydroxylation is 1. The van der Waals surface area contributed by atoms with E-state index in [0.717, 1.165) is 49.7 Å². The molecule has 0 aliphatic rings. The van der Waals surface area contributed by atoms with E-state index in [2.05, 4.69) is 39.8 Å². The Morgan fingerprint density at radius 1 is 0.865 bits per heavy atom. The number of benzene rings is 1. The minimum atomic E-state index is -0.480. The predicted molar refractivity (Wildman–Crippen MR) is 147 cm³/mol. The van der Waals surface area contributed by atoms with Crippen molar-refractivity contribution >= 4 is 12.2 Å². The van der Waals surface area contributed by atoms with Crippen LogP contribution in [0.15, 0.2) is 35.4 Å². The topological polar surface area (TPSA) is 77.5 Å². The fourth-order valence-corrected chi connectivity index (χ4v) is 3.57. The van der Waals surface area contributed by atoms with Crippen LogP contribution in [0.2, 0.25) is 0 Å². The van der Waals surface area contributed by atoms with Crippen molar-refractivity contribution in [2.24, 2.45) is 0 Å². The number of rotatable bonds is 15. The first-order valence-corrected chi connectivity index (χ1v) is 12.9. The lowest BCUT2D eigenvalue weighted by Crippen LogP contribution is -2.31. The Kier molecular flexibility index (Phi) is 14.9. The zero-order valence-corrected chi connectivity index (χ0v) is 24.0. The summed E-state index contributed by atoms with van der Waals surface area (Å²) in [7, 11) is 5.91. The zero-order chi connectivity index (χ0) is 27.8. The quantitative estimate of drug-likeness (QED) is 0.146. The highest BCUT2D eigenvalue weighted by Crippen LogP contribution is 2.33. The number of unbranched alkanes of at least 4 members (excludes halogenated alkanes) is 2. The molecule has 37 heavy (non-hydrogen) atoms. The van der Waals surface area contributed by atoms with Crippen LogP contribution in [0, 0.1) is 0 Å². The van der Waals surface area contributed by atoms with Gasteiger partial charge in [-0.25, -0.2) is 9.59 Å². The number of allylic oxidation sites excluding steroid dienone is 4. The fourth-order valence-electron chi connectivity index (χ4n) is 3.57. The van der Waals surface area contributed by atoms with E-state index in [1.807, 2.05) is 12.1 Å². The second-order valence-electron chi connectivity index (χ2n) is 9.49. The van der Waals surface area contributed by atoms with Gasteiger partial charge in [-0.3, -0.25) is 9.80 Å². The van der Waals surface area contributed by atoms with Crippen LogP contribution in [0.25, 0.3) is 0 Å². The second kappa shape index (κ2) is 17.3. The Hall–Kier alpha value is -3.16. The van der Waals surface area contributed by atoms with Crippen molar-refractivity contribution in [3.8, 4) is 11.5 Å². The van der Waals surface area contributed by atoms with Gasteiger partial charge in [0, 0.05) is 19.7 Å². The summed E-state index contributed by atoms with van der Waals surface area (Å²) in [6.45, 7) is 8.56. The van der Waals surface area contributed by atoms with Crippen molar-refractivity contribution in [2.75, 3.05) is 41.8 Å². The maximum absolute atomic E-state index is 11.9. The minimum Gasteiger partial charge on any atom is -0.472 e. The van der Waals surface area contributed by atoms with Crippen LogP contribution in [-0.4, -0.2) is 63.8 Å². The number of ether oxygens (including phenoxy) is 4. The summed E-state index contributed by atoms with van der Waals surface area (Å²) < 4.78 is 21.8. The summed E-state index contributed by atoms with van der Waals surface area (Å²) in [4.78, 5) is 26.5. The standard InChI is InChI=1S/C29H46N2O6/c1-9-10-11-15-24-18-26(36-20-30(5)28(32)34-7)25(17-16-23(4)14-12-13-22(2)3)27(19-24)37-21-31(6)29(33)35-8/h13,16,18-19H,9-12,14-15,17,20-21H2,1-8H3. The Bertz CT molecular complexity index is 874. The molecular weight excluding hydrogens is 472 g/mol. The van der Waals surface area contributed by atoms with E-state index in [9.17, 15) is 9.59 Å². The van der Waals surface area contributed by atoms with Gasteiger partial charge >= 0.3 is 12.2 Å². The SMILES string of the molecule is CCCCCc1cc(OCN(C)C(=O)OC)c(CC=C(C)CCC=C(C)C)c(OCN(C)C(=O)OC)c1. The highest BCUT2D eigenvalue weighted by molar-refractivity contribution is 5.67. The molecule has 208 valence electrons. The van der Waals surface area contributed by atoms with Crippen LogP contribution < -0.4 is 9.47 Å². The van der Waals surface area contributed by atoms with Crippen LogP contribution in [-0.2, 0) is 22.3 Å². The third-order valence-electron chi connectivity index (χ3n) is 5.84. The first-order chi connectivity index (χ1) is 17.6. The van der Waals surface area contributed by atoms with Crippen molar-refractivity contribution in [1.29, 1.82) is 0 Å². The van der Waals surface area contributed by atoms with Crippen LogP contribution in [0.1, 0.15) is 70.9 Å². The smallest absolute Gasteiger partial charge is 0.411 e. The molecule has 0 aliphatic heterocycles. The third-order valence-corrected chi connectivity index (χ3v) is 5.84. The molecule has 0 unspecified atom stereocenters. The lowest BCUT2D eigenvalue weighted by atomic mass is 10.00. The van der Waals surface area contributed by atoms with E-state index >= 15 is 0 Å². The summed E-state index contributed by atoms with van der Waals surface area (Å²) in [6.07, 6.45) is 10.1. The molecule has 1 rings (SSSR count). The summed E-state index contributed by atoms with van der Waals surface area (Å²) in [6, 6.07) is 4.05. The maximum atomic E-state index is 11.9. The van der Waals surface area contributed by atoms with Gasteiger partial charge in [-0.2, -0.15) is 0 Å². The van der Waals surface area contributed by atoms with Crippen molar-refractivity contribution in [2.45, 2.75) is 72.6 Å². The average Bonchev–Trinajstić information content (AvgIpc) is 2.88. The molecule has 0 atom stereocenters. The van der Waals surface area contributed by atoms with E-state index < -0.39 is 12.2 Å². The summed E-state index contributed by atoms with van der Waals surface area (Å²) in [5, 5.41) is 0. The first kappa shape index (κ1) is 31.9. The Labute approximate surface area is 223 Å². The number of carbonyl (C=O) groups excluding carboxylic acids is 2. The summed E-state index contributed by atoms with van der Waals surface area (Å²) in [5.41, 5.74) is 4.51. The van der Waals surface area contributed by atoms with Gasteiger partial charge in [0.1, 0.15) is 11.5 Å². The van der Waals surface area contributed by atoms with Crippen LogP contribution in [0.3, 0.4) is 0 Å². The van der Waals surface area contributed by atoms with Gasteiger partial charge in [0.15, 0.2) is 13.5 Å². The molecule has 1 aromatic rings. The number of nitrogens with zero attached hydrogens (tertiary/aromatic N) is 2. The molecule has 8 nitrogen and oxygen atoms in total. The number of amides is 2. The normalized spacial score (nSPS) is 11.0. The number of carbonyl (C=O) groups is 2. The first-order valence-electron chi connectivity index (χ1n) is 12.9. The maximum Gasteiger partial charge on any atom is 0.411 e. The van der Waals surface area contributed by atoms with Crippen molar-refractivity contribution in [1.82, 2.24) is 9.80 Å². The average molecular weight is 519 g/mol. The lowest BCUT2D eigenvalue weighted by molar-refractivity contribution is 0.0956. The minimum absolute atomic E-state index is 0.0306. The van der Waals surface area contributed by atoms with Crippen LogP contribution in [0.5, 0.6) is 11.5 Å². The van der Waals surface area contributed by atoms with Gasteiger partial charge < -0.3 is 18.9 Å². The molecule has 0 radical (unpaired) electrons. The molecule has 0 fully saturated rings. The highest BCUT2D eigenvalue weighted by atomic mass is 16.6. The van der Waals surface area contributed by atoms with E-state index in [1.54, 1.807) is 14.1 Å². The molecule has 1 aromatic carbocycles. The Balaban J connectivity index is 3.34. The number of hydrogen-bond acceptors (Lipinski definition) is 6. The Morgan fingerprint density at radius 2 is 1.41 bits per heavy atom. The van der Waals surface area contributed by atoms with E-state index in [-0.39, 0.29) is 13.5 Å². The van der Waals surface area contributed by atoms with Crippen LogP contribution >= 0.6 is 0 Å². The van der Waals surface area contributed by atoms with Gasteiger partial charge in [-0.1, -0.05) is 43.1 Å². The molecule has 0 N–H and O–H groups in total. The Morgan fingerprint density at radius 3 is 1.86 bits per heavy atom. The van der Waals surface area contributed by atoms with Gasteiger partial charge in [0.05, 0.1) is 14.2 Å². The van der Waals surface area contributed by atoms with Crippen molar-refractivity contribution < 1.29 is 28.5 Å². The summed E-state index contributed by atoms with van der Waals surface area (Å²) >= 11 is 0. The van der Waals surface area contributed by atoms with E-state index in [0.29, 0.717) is 17.9 Å². The van der Waals surface area contributed by atoms with Gasteiger partial charge in [-0.05, 0) is 70.6 Å². The van der Waals surface area contributed by atoms with Crippen LogP contribution in [0.4, 0.5) is 9.59 Å². The predicted octanol–water partition coefficient (Wildman–Crippen LogP) is 6.72. The second-order valence-corrected chi connectivity index (χ2v) is 9.49. The van der Waals surface area contributed by atoms with Gasteiger partial charge in [0.2, 0.25) is 0 Å². The zero-order valence-electron chi connectivity index (χ0n) is 24.0.